The molecule has 0 aliphatic carbocycles. The van der Waals surface area contributed by atoms with E-state index in [1.165, 1.54) is 31.4 Å². The predicted molar refractivity (Wildman–Crippen MR) is 125 cm³/mol. The number of nitrogens with two attached hydrogens (primary N) is 1. The van der Waals surface area contributed by atoms with E-state index in [2.05, 4.69) is 20.9 Å². The first kappa shape index (κ1) is 24.1. The second kappa shape index (κ2) is 9.92. The molecule has 0 atom stereocenters. The number of amides is 1. The molecular formula is C21H17ClF3N5O2S. The molecule has 33 heavy (non-hydrogen) atoms. The molecule has 0 radical (unpaired) electrons. The van der Waals surface area contributed by atoms with Crippen molar-refractivity contribution in [3.05, 3.63) is 71.0 Å². The number of carbonyl (C=O) groups excluding carboxylic acids is 1. The van der Waals surface area contributed by atoms with Crippen LogP contribution in [0.5, 0.6) is 11.5 Å². The number of nitrogen functional groups attached to an aromatic ring is 1. The second-order valence-corrected chi connectivity index (χ2v) is 7.39. The number of carbonyl (C=O) groups is 1. The summed E-state index contributed by atoms with van der Waals surface area (Å²) in [5, 5.41) is 7.56. The van der Waals surface area contributed by atoms with Crippen LogP contribution in [0.1, 0.15) is 16.1 Å². The van der Waals surface area contributed by atoms with Gasteiger partial charge in [-0.3, -0.25) is 9.78 Å². The van der Waals surface area contributed by atoms with Crippen molar-refractivity contribution in [3.63, 3.8) is 0 Å². The number of thiocarbonyl (C=S) groups is 1. The number of aromatic nitrogens is 1. The number of rotatable bonds is 5. The quantitative estimate of drug-likeness (QED) is 0.281. The molecule has 1 amide bonds. The zero-order valence-corrected chi connectivity index (χ0v) is 18.5. The van der Waals surface area contributed by atoms with Crippen molar-refractivity contribution in [1.82, 2.24) is 10.3 Å². The molecule has 0 unspecified atom stereocenters. The summed E-state index contributed by atoms with van der Waals surface area (Å²) < 4.78 is 44.8. The van der Waals surface area contributed by atoms with Gasteiger partial charge in [0.1, 0.15) is 17.2 Å². The minimum absolute atomic E-state index is 0.0233. The molecule has 12 heteroatoms. The van der Waals surface area contributed by atoms with Crippen molar-refractivity contribution in [2.45, 2.75) is 6.18 Å². The summed E-state index contributed by atoms with van der Waals surface area (Å²) in [6.07, 6.45) is -3.16. The number of nitrogens with one attached hydrogen (secondary N) is 3. The fraction of sp³-hybridized carbons (Fsp3) is 0.0952. The summed E-state index contributed by atoms with van der Waals surface area (Å²) in [7, 11) is 1.49. The SMILES string of the molecule is CNC(=O)c1cc(Oc2ccc(NC(=S)Nc3ccc(Cl)c(C(F)(F)F)c3)c(N)c2)ccn1. The Bertz CT molecular complexity index is 1210. The van der Waals surface area contributed by atoms with E-state index in [-0.39, 0.29) is 28.1 Å². The molecule has 172 valence electrons. The van der Waals surface area contributed by atoms with Gasteiger partial charge < -0.3 is 26.4 Å². The van der Waals surface area contributed by atoms with E-state index in [0.717, 1.165) is 12.1 Å². The van der Waals surface area contributed by atoms with Crippen LogP contribution in [0.2, 0.25) is 5.02 Å². The van der Waals surface area contributed by atoms with E-state index in [4.69, 9.17) is 34.3 Å². The molecule has 1 heterocycles. The van der Waals surface area contributed by atoms with E-state index in [1.54, 1.807) is 18.2 Å². The maximum atomic E-state index is 13.0. The van der Waals surface area contributed by atoms with Crippen molar-refractivity contribution in [2.24, 2.45) is 0 Å². The number of hydrogen-bond donors (Lipinski definition) is 4. The third-order valence-electron chi connectivity index (χ3n) is 4.23. The van der Waals surface area contributed by atoms with Crippen molar-refractivity contribution in [3.8, 4) is 11.5 Å². The number of ether oxygens (including phenoxy) is 1. The molecule has 1 aromatic heterocycles. The Labute approximate surface area is 197 Å². The van der Waals surface area contributed by atoms with Crippen LogP contribution in [0.3, 0.4) is 0 Å². The van der Waals surface area contributed by atoms with Crippen LogP contribution in [-0.4, -0.2) is 23.1 Å². The van der Waals surface area contributed by atoms with Gasteiger partial charge in [0.25, 0.3) is 5.91 Å². The Hall–Kier alpha value is -3.57. The number of nitrogens with zero attached hydrogens (tertiary/aromatic N) is 1. The highest BCUT2D eigenvalue weighted by Gasteiger charge is 2.33. The summed E-state index contributed by atoms with van der Waals surface area (Å²) in [6, 6.07) is 11.1. The number of benzene rings is 2. The molecule has 2 aromatic carbocycles. The largest absolute Gasteiger partial charge is 0.457 e. The van der Waals surface area contributed by atoms with Gasteiger partial charge in [-0.05, 0) is 48.6 Å². The molecule has 0 aliphatic heterocycles. The summed E-state index contributed by atoms with van der Waals surface area (Å²) in [5.41, 5.74) is 6.04. The van der Waals surface area contributed by atoms with Gasteiger partial charge in [0.05, 0.1) is 22.0 Å². The van der Waals surface area contributed by atoms with Crippen LogP contribution in [0.4, 0.5) is 30.2 Å². The fourth-order valence-corrected chi connectivity index (χ4v) is 3.14. The molecule has 0 bridgehead atoms. The lowest BCUT2D eigenvalue weighted by Crippen LogP contribution is -2.20. The van der Waals surface area contributed by atoms with Gasteiger partial charge in [-0.1, -0.05) is 11.6 Å². The molecule has 0 saturated heterocycles. The molecule has 3 rings (SSSR count). The van der Waals surface area contributed by atoms with Gasteiger partial charge in [0, 0.05) is 31.1 Å². The second-order valence-electron chi connectivity index (χ2n) is 6.58. The third kappa shape index (κ3) is 6.24. The maximum absolute atomic E-state index is 13.0. The van der Waals surface area contributed by atoms with E-state index >= 15 is 0 Å². The van der Waals surface area contributed by atoms with Crippen LogP contribution < -0.4 is 26.4 Å². The van der Waals surface area contributed by atoms with Crippen molar-refractivity contribution in [1.29, 1.82) is 0 Å². The van der Waals surface area contributed by atoms with Crippen LogP contribution in [-0.2, 0) is 6.18 Å². The van der Waals surface area contributed by atoms with Crippen LogP contribution in [0, 0.1) is 0 Å². The highest BCUT2D eigenvalue weighted by Crippen LogP contribution is 2.36. The molecule has 7 nitrogen and oxygen atoms in total. The minimum atomic E-state index is -4.60. The van der Waals surface area contributed by atoms with Crippen molar-refractivity contribution >= 4 is 51.9 Å². The molecule has 0 spiro atoms. The zero-order valence-electron chi connectivity index (χ0n) is 17.0. The molecule has 3 aromatic rings. The number of hydrogen-bond acceptors (Lipinski definition) is 5. The highest BCUT2D eigenvalue weighted by molar-refractivity contribution is 7.80. The molecule has 0 saturated carbocycles. The van der Waals surface area contributed by atoms with Gasteiger partial charge in [0.2, 0.25) is 0 Å². The van der Waals surface area contributed by atoms with E-state index in [9.17, 15) is 18.0 Å². The summed E-state index contributed by atoms with van der Waals surface area (Å²) in [4.78, 5) is 15.7. The Kier molecular flexibility index (Phi) is 7.24. The lowest BCUT2D eigenvalue weighted by molar-refractivity contribution is -0.137. The Morgan fingerprint density at radius 2 is 1.82 bits per heavy atom. The molecule has 0 fully saturated rings. The zero-order chi connectivity index (χ0) is 24.2. The summed E-state index contributed by atoms with van der Waals surface area (Å²) in [6.45, 7) is 0. The average Bonchev–Trinajstić information content (AvgIpc) is 2.76. The monoisotopic (exact) mass is 495 g/mol. The highest BCUT2D eigenvalue weighted by atomic mass is 35.5. The van der Waals surface area contributed by atoms with Crippen molar-refractivity contribution in [2.75, 3.05) is 23.4 Å². The Morgan fingerprint density at radius 1 is 1.09 bits per heavy atom. The molecular weight excluding hydrogens is 479 g/mol. The Balaban J connectivity index is 1.68. The predicted octanol–water partition coefficient (Wildman–Crippen LogP) is 5.30. The lowest BCUT2D eigenvalue weighted by atomic mass is 10.2. The Morgan fingerprint density at radius 3 is 2.48 bits per heavy atom. The number of halogens is 4. The first-order valence-electron chi connectivity index (χ1n) is 9.27. The lowest BCUT2D eigenvalue weighted by Gasteiger charge is -2.15. The van der Waals surface area contributed by atoms with Crippen LogP contribution >= 0.6 is 23.8 Å². The normalized spacial score (nSPS) is 10.9. The van der Waals surface area contributed by atoms with E-state index in [0.29, 0.717) is 17.2 Å². The number of pyridine rings is 1. The van der Waals surface area contributed by atoms with Gasteiger partial charge >= 0.3 is 6.18 Å². The maximum Gasteiger partial charge on any atom is 0.417 e. The van der Waals surface area contributed by atoms with Gasteiger partial charge in [-0.2, -0.15) is 13.2 Å². The topological polar surface area (TPSA) is 101 Å². The summed E-state index contributed by atoms with van der Waals surface area (Å²) in [5.74, 6) is 0.408. The van der Waals surface area contributed by atoms with E-state index < -0.39 is 16.8 Å². The smallest absolute Gasteiger partial charge is 0.417 e. The van der Waals surface area contributed by atoms with Gasteiger partial charge in [-0.15, -0.1) is 0 Å². The van der Waals surface area contributed by atoms with Gasteiger partial charge in [-0.25, -0.2) is 0 Å². The fourth-order valence-electron chi connectivity index (χ4n) is 2.69. The third-order valence-corrected chi connectivity index (χ3v) is 4.76. The minimum Gasteiger partial charge on any atom is -0.457 e. The first-order valence-corrected chi connectivity index (χ1v) is 10.1. The van der Waals surface area contributed by atoms with E-state index in [1.807, 2.05) is 0 Å². The van der Waals surface area contributed by atoms with Gasteiger partial charge in [0.15, 0.2) is 5.11 Å². The average molecular weight is 496 g/mol. The first-order chi connectivity index (χ1) is 15.6. The van der Waals surface area contributed by atoms with Crippen LogP contribution in [0.25, 0.3) is 0 Å². The molecule has 5 N–H and O–H groups in total. The summed E-state index contributed by atoms with van der Waals surface area (Å²) >= 11 is 10.8. The molecule has 0 aliphatic rings. The van der Waals surface area contributed by atoms with Crippen LogP contribution in [0.15, 0.2) is 54.7 Å². The standard InChI is InChI=1S/C21H17ClF3N5O2S/c1-27-19(31)18-10-13(6-7-28-18)32-12-3-5-17(16(26)9-12)30-20(33)29-11-2-4-15(22)14(8-11)21(23,24)25/h2-10H,26H2,1H3,(H,27,31)(H2,29,30,33). The van der Waals surface area contributed by atoms with Crippen molar-refractivity contribution < 1.29 is 22.7 Å². The number of anilines is 3. The number of alkyl halides is 3.